The molecule has 0 aromatic heterocycles. The fraction of sp³-hybridized carbons (Fsp3) is 0.500. The molecule has 0 radical (unpaired) electrons. The number of carbonyl (C=O) groups is 1. The molecule has 3 N–H and O–H groups in total. The smallest absolute Gasteiger partial charge is 0.322 e. The highest BCUT2D eigenvalue weighted by molar-refractivity contribution is 6.33. The van der Waals surface area contributed by atoms with Crippen LogP contribution in [0.2, 0.25) is 5.02 Å². The lowest BCUT2D eigenvalue weighted by molar-refractivity contribution is 0.159. The molecule has 1 heterocycles. The van der Waals surface area contributed by atoms with Crippen molar-refractivity contribution < 1.29 is 4.79 Å². The average molecular weight is 282 g/mol. The van der Waals surface area contributed by atoms with Gasteiger partial charge in [0.1, 0.15) is 0 Å². The molecule has 19 heavy (non-hydrogen) atoms. The molecule has 0 bridgehead atoms. The Hall–Kier alpha value is -1.26. The van der Waals surface area contributed by atoms with Gasteiger partial charge in [-0.1, -0.05) is 23.7 Å². The van der Waals surface area contributed by atoms with Crippen molar-refractivity contribution in [2.45, 2.75) is 31.7 Å². The second kappa shape index (κ2) is 6.78. The van der Waals surface area contributed by atoms with Crippen molar-refractivity contribution in [1.82, 2.24) is 4.90 Å². The summed E-state index contributed by atoms with van der Waals surface area (Å²) in [5.41, 5.74) is 6.28. The van der Waals surface area contributed by atoms with Gasteiger partial charge in [0.2, 0.25) is 0 Å². The number of piperidine rings is 1. The molecule has 1 fully saturated rings. The Morgan fingerprint density at radius 1 is 1.42 bits per heavy atom. The molecule has 5 heteroatoms. The van der Waals surface area contributed by atoms with E-state index in [0.717, 1.165) is 25.8 Å². The standard InChI is InChI=1S/C14H20ClN3O/c15-12-6-1-2-7-13(12)17-14(19)18-10-4-3-5-11(18)8-9-16/h1-2,6-7,11H,3-5,8-10,16H2,(H,17,19). The van der Waals surface area contributed by atoms with Crippen LogP contribution in [0.15, 0.2) is 24.3 Å². The molecule has 2 rings (SSSR count). The molecule has 1 aromatic rings. The van der Waals surface area contributed by atoms with Crippen molar-refractivity contribution in [3.63, 3.8) is 0 Å². The van der Waals surface area contributed by atoms with Gasteiger partial charge in [-0.05, 0) is 44.4 Å². The minimum Gasteiger partial charge on any atom is -0.330 e. The van der Waals surface area contributed by atoms with Crippen LogP contribution in [0.5, 0.6) is 0 Å². The number of urea groups is 1. The van der Waals surface area contributed by atoms with Crippen molar-refractivity contribution in [1.29, 1.82) is 0 Å². The Morgan fingerprint density at radius 2 is 2.21 bits per heavy atom. The predicted octanol–water partition coefficient (Wildman–Crippen LogP) is 3.08. The average Bonchev–Trinajstić information content (AvgIpc) is 2.42. The van der Waals surface area contributed by atoms with Gasteiger partial charge in [0, 0.05) is 12.6 Å². The maximum absolute atomic E-state index is 12.3. The highest BCUT2D eigenvalue weighted by Gasteiger charge is 2.26. The number of para-hydroxylation sites is 1. The number of likely N-dealkylation sites (tertiary alicyclic amines) is 1. The maximum Gasteiger partial charge on any atom is 0.322 e. The third-order valence-corrected chi connectivity index (χ3v) is 3.83. The van der Waals surface area contributed by atoms with Crippen LogP contribution in [0, 0.1) is 0 Å². The van der Waals surface area contributed by atoms with Gasteiger partial charge in [-0.3, -0.25) is 0 Å². The van der Waals surface area contributed by atoms with E-state index in [1.807, 2.05) is 23.1 Å². The number of nitrogens with one attached hydrogen (secondary N) is 1. The Balaban J connectivity index is 2.03. The van der Waals surface area contributed by atoms with Crippen molar-refractivity contribution in [3.8, 4) is 0 Å². The van der Waals surface area contributed by atoms with Gasteiger partial charge < -0.3 is 16.0 Å². The van der Waals surface area contributed by atoms with Crippen LogP contribution in [0.4, 0.5) is 10.5 Å². The van der Waals surface area contributed by atoms with E-state index >= 15 is 0 Å². The van der Waals surface area contributed by atoms with E-state index in [-0.39, 0.29) is 12.1 Å². The van der Waals surface area contributed by atoms with Gasteiger partial charge in [0.05, 0.1) is 10.7 Å². The number of halogens is 1. The Bertz CT molecular complexity index is 436. The Labute approximate surface area is 118 Å². The first-order valence-electron chi connectivity index (χ1n) is 6.74. The third-order valence-electron chi connectivity index (χ3n) is 3.50. The minimum absolute atomic E-state index is 0.0775. The second-order valence-electron chi connectivity index (χ2n) is 4.83. The number of hydrogen-bond acceptors (Lipinski definition) is 2. The van der Waals surface area contributed by atoms with Crippen LogP contribution >= 0.6 is 11.6 Å². The summed E-state index contributed by atoms with van der Waals surface area (Å²) < 4.78 is 0. The molecule has 1 aliphatic heterocycles. The fourth-order valence-electron chi connectivity index (χ4n) is 2.51. The van der Waals surface area contributed by atoms with Gasteiger partial charge >= 0.3 is 6.03 Å². The number of hydrogen-bond donors (Lipinski definition) is 2. The molecule has 1 aliphatic rings. The highest BCUT2D eigenvalue weighted by atomic mass is 35.5. The number of carbonyl (C=O) groups excluding carboxylic acids is 1. The SMILES string of the molecule is NCCC1CCCCN1C(=O)Nc1ccccc1Cl. The molecule has 104 valence electrons. The van der Waals surface area contributed by atoms with Gasteiger partial charge in [0.15, 0.2) is 0 Å². The van der Waals surface area contributed by atoms with E-state index in [4.69, 9.17) is 17.3 Å². The molecule has 0 aliphatic carbocycles. The Morgan fingerprint density at radius 3 is 2.95 bits per heavy atom. The number of nitrogens with two attached hydrogens (primary N) is 1. The van der Waals surface area contributed by atoms with E-state index in [9.17, 15) is 4.79 Å². The molecule has 2 amide bonds. The summed E-state index contributed by atoms with van der Waals surface area (Å²) in [6.45, 7) is 1.40. The largest absolute Gasteiger partial charge is 0.330 e. The summed E-state index contributed by atoms with van der Waals surface area (Å²) in [5, 5.41) is 3.44. The topological polar surface area (TPSA) is 58.4 Å². The monoisotopic (exact) mass is 281 g/mol. The lowest BCUT2D eigenvalue weighted by Gasteiger charge is -2.35. The molecule has 1 saturated heterocycles. The zero-order valence-corrected chi connectivity index (χ0v) is 11.7. The van der Waals surface area contributed by atoms with Crippen molar-refractivity contribution in [2.75, 3.05) is 18.4 Å². The summed E-state index contributed by atoms with van der Waals surface area (Å²) in [5.74, 6) is 0. The van der Waals surface area contributed by atoms with Crippen LogP contribution in [-0.2, 0) is 0 Å². The molecule has 1 aromatic carbocycles. The molecular formula is C14H20ClN3O. The van der Waals surface area contributed by atoms with Crippen molar-refractivity contribution >= 4 is 23.3 Å². The fourth-order valence-corrected chi connectivity index (χ4v) is 2.69. The number of anilines is 1. The molecule has 0 saturated carbocycles. The summed E-state index contributed by atoms with van der Waals surface area (Å²) in [4.78, 5) is 14.2. The molecule has 4 nitrogen and oxygen atoms in total. The normalized spacial score (nSPS) is 19.3. The molecule has 0 spiro atoms. The molecule has 1 unspecified atom stereocenters. The number of benzene rings is 1. The van der Waals surface area contributed by atoms with E-state index in [2.05, 4.69) is 5.32 Å². The summed E-state index contributed by atoms with van der Waals surface area (Å²) >= 11 is 6.05. The predicted molar refractivity (Wildman–Crippen MR) is 78.5 cm³/mol. The first kappa shape index (κ1) is 14.2. The first-order chi connectivity index (χ1) is 9.22. The summed E-state index contributed by atoms with van der Waals surface area (Å²) in [7, 11) is 0. The molecular weight excluding hydrogens is 262 g/mol. The van der Waals surface area contributed by atoms with Crippen LogP contribution in [0.1, 0.15) is 25.7 Å². The van der Waals surface area contributed by atoms with Gasteiger partial charge in [-0.2, -0.15) is 0 Å². The first-order valence-corrected chi connectivity index (χ1v) is 7.12. The van der Waals surface area contributed by atoms with Crippen LogP contribution < -0.4 is 11.1 Å². The quantitative estimate of drug-likeness (QED) is 0.894. The zero-order valence-electron chi connectivity index (χ0n) is 10.9. The highest BCUT2D eigenvalue weighted by Crippen LogP contribution is 2.24. The van der Waals surface area contributed by atoms with Crippen LogP contribution in [-0.4, -0.2) is 30.1 Å². The zero-order chi connectivity index (χ0) is 13.7. The van der Waals surface area contributed by atoms with E-state index in [1.54, 1.807) is 6.07 Å². The second-order valence-corrected chi connectivity index (χ2v) is 5.24. The van der Waals surface area contributed by atoms with Gasteiger partial charge in [-0.15, -0.1) is 0 Å². The number of rotatable bonds is 3. The summed E-state index contributed by atoms with van der Waals surface area (Å²) in [6, 6.07) is 7.45. The van der Waals surface area contributed by atoms with E-state index < -0.39 is 0 Å². The number of amides is 2. The molecule has 1 atom stereocenters. The lowest BCUT2D eigenvalue weighted by Crippen LogP contribution is -2.46. The van der Waals surface area contributed by atoms with Gasteiger partial charge in [-0.25, -0.2) is 4.79 Å². The van der Waals surface area contributed by atoms with E-state index in [1.165, 1.54) is 6.42 Å². The lowest BCUT2D eigenvalue weighted by atomic mass is 10.00. The van der Waals surface area contributed by atoms with Crippen molar-refractivity contribution in [3.05, 3.63) is 29.3 Å². The minimum atomic E-state index is -0.0775. The maximum atomic E-state index is 12.3. The Kier molecular flexibility index (Phi) is 5.05. The van der Waals surface area contributed by atoms with Crippen LogP contribution in [0.3, 0.4) is 0 Å². The van der Waals surface area contributed by atoms with Crippen molar-refractivity contribution in [2.24, 2.45) is 5.73 Å². The number of nitrogens with zero attached hydrogens (tertiary/aromatic N) is 1. The third kappa shape index (κ3) is 3.61. The van der Waals surface area contributed by atoms with E-state index in [0.29, 0.717) is 17.3 Å². The summed E-state index contributed by atoms with van der Waals surface area (Å²) in [6.07, 6.45) is 4.11. The van der Waals surface area contributed by atoms with Gasteiger partial charge in [0.25, 0.3) is 0 Å². The van der Waals surface area contributed by atoms with Crippen LogP contribution in [0.25, 0.3) is 0 Å².